The Morgan fingerprint density at radius 1 is 0.828 bits per heavy atom. The van der Waals surface area contributed by atoms with Crippen LogP contribution >= 0.6 is 0 Å². The molecule has 2 fully saturated rings. The van der Waals surface area contributed by atoms with Gasteiger partial charge < -0.3 is 14.9 Å². The van der Waals surface area contributed by atoms with Gasteiger partial charge in [-0.25, -0.2) is 0 Å². The zero-order chi connectivity index (χ0) is 20.3. The number of hydrogen-bond acceptors (Lipinski definition) is 3. The second-order valence-electron chi connectivity index (χ2n) is 9.31. The fraction of sp³-hybridized carbons (Fsp3) is 0.538. The Labute approximate surface area is 176 Å². The first-order valence-corrected chi connectivity index (χ1v) is 11.3. The van der Waals surface area contributed by atoms with Crippen molar-refractivity contribution in [3.63, 3.8) is 0 Å². The molecule has 0 bridgehead atoms. The molecule has 1 saturated heterocycles. The molecule has 1 heterocycles. The van der Waals surface area contributed by atoms with E-state index in [9.17, 15) is 5.11 Å². The van der Waals surface area contributed by atoms with Gasteiger partial charge in [0.1, 0.15) is 0 Å². The van der Waals surface area contributed by atoms with E-state index in [-0.39, 0.29) is 5.92 Å². The van der Waals surface area contributed by atoms with Crippen LogP contribution in [0.1, 0.15) is 49.1 Å². The first-order valence-electron chi connectivity index (χ1n) is 11.3. The van der Waals surface area contributed by atoms with Gasteiger partial charge in [0.05, 0.1) is 5.60 Å². The van der Waals surface area contributed by atoms with Crippen LogP contribution in [0.2, 0.25) is 0 Å². The fourth-order valence-electron chi connectivity index (χ4n) is 5.04. The molecule has 0 amide bonds. The number of hydrogen-bond donors (Lipinski definition) is 1. The molecule has 2 aromatic carbocycles. The van der Waals surface area contributed by atoms with Gasteiger partial charge in [0, 0.05) is 38.6 Å². The fourth-order valence-corrected chi connectivity index (χ4v) is 5.04. The molecular weight excluding hydrogens is 356 g/mol. The predicted octanol–water partition coefficient (Wildman–Crippen LogP) is 4.69. The Balaban J connectivity index is 1.57. The molecule has 2 aromatic rings. The molecule has 1 aliphatic heterocycles. The third-order valence-corrected chi connectivity index (χ3v) is 7.10. The number of benzene rings is 2. The lowest BCUT2D eigenvalue weighted by atomic mass is 9.72. The largest absolute Gasteiger partial charge is 0.389 e. The first-order chi connectivity index (χ1) is 14.0. The Morgan fingerprint density at radius 2 is 1.38 bits per heavy atom. The molecule has 3 heteroatoms. The molecule has 0 spiro atoms. The average Bonchev–Trinajstić information content (AvgIpc) is 2.74. The Hall–Kier alpha value is -1.68. The van der Waals surface area contributed by atoms with E-state index < -0.39 is 5.60 Å². The summed E-state index contributed by atoms with van der Waals surface area (Å²) in [7, 11) is 2.20. The normalized spacial score (nSPS) is 21.8. The van der Waals surface area contributed by atoms with Gasteiger partial charge in [0.2, 0.25) is 0 Å². The Kier molecular flexibility index (Phi) is 6.38. The maximum absolute atomic E-state index is 11.6. The highest BCUT2D eigenvalue weighted by Crippen LogP contribution is 2.41. The van der Waals surface area contributed by atoms with Crippen molar-refractivity contribution in [1.82, 2.24) is 9.80 Å². The van der Waals surface area contributed by atoms with E-state index >= 15 is 0 Å². The van der Waals surface area contributed by atoms with E-state index in [1.807, 2.05) is 0 Å². The molecule has 2 aliphatic rings. The lowest BCUT2D eigenvalue weighted by Crippen LogP contribution is -2.50. The minimum absolute atomic E-state index is 0.193. The van der Waals surface area contributed by atoms with E-state index in [4.69, 9.17) is 0 Å². The monoisotopic (exact) mass is 392 g/mol. The zero-order valence-corrected chi connectivity index (χ0v) is 18.1. The smallest absolute Gasteiger partial charge is 0.0728 e. The summed E-state index contributed by atoms with van der Waals surface area (Å²) < 4.78 is 0. The van der Waals surface area contributed by atoms with Crippen molar-refractivity contribution in [2.45, 2.75) is 50.5 Å². The lowest BCUT2D eigenvalue weighted by molar-refractivity contribution is -0.0337. The molecule has 1 aliphatic carbocycles. The number of aryl methyl sites for hydroxylation is 1. The van der Waals surface area contributed by atoms with Crippen LogP contribution in [0.25, 0.3) is 11.1 Å². The predicted molar refractivity (Wildman–Crippen MR) is 121 cm³/mol. The second kappa shape index (κ2) is 8.99. The molecule has 0 aromatic heterocycles. The highest BCUT2D eigenvalue weighted by atomic mass is 16.3. The molecule has 29 heavy (non-hydrogen) atoms. The SMILES string of the molecule is Cc1ccc(-c2ccc(C(CN3CCN(C)CC3)C3(O)CCCCC3)cc2)cc1. The summed E-state index contributed by atoms with van der Waals surface area (Å²) in [4.78, 5) is 4.96. The van der Waals surface area contributed by atoms with Crippen molar-refractivity contribution in [3.8, 4) is 11.1 Å². The lowest BCUT2D eigenvalue weighted by Gasteiger charge is -2.43. The maximum Gasteiger partial charge on any atom is 0.0728 e. The van der Waals surface area contributed by atoms with Gasteiger partial charge in [-0.3, -0.25) is 0 Å². The maximum atomic E-state index is 11.6. The van der Waals surface area contributed by atoms with Crippen molar-refractivity contribution >= 4 is 0 Å². The quantitative estimate of drug-likeness (QED) is 0.800. The number of piperazine rings is 1. The summed E-state index contributed by atoms with van der Waals surface area (Å²) in [5.74, 6) is 0.193. The van der Waals surface area contributed by atoms with E-state index in [0.717, 1.165) is 58.4 Å². The highest BCUT2D eigenvalue weighted by Gasteiger charge is 2.39. The van der Waals surface area contributed by atoms with Crippen LogP contribution < -0.4 is 0 Å². The molecule has 3 nitrogen and oxygen atoms in total. The van der Waals surface area contributed by atoms with Crippen LogP contribution in [0.5, 0.6) is 0 Å². The van der Waals surface area contributed by atoms with Gasteiger partial charge in [0.15, 0.2) is 0 Å². The van der Waals surface area contributed by atoms with E-state index in [1.165, 1.54) is 28.7 Å². The molecule has 1 N–H and O–H groups in total. The standard InChI is InChI=1S/C26H36N2O/c1-21-6-8-22(9-7-21)23-10-12-24(13-11-23)25(26(29)14-4-3-5-15-26)20-28-18-16-27(2)17-19-28/h6-13,25,29H,3-5,14-20H2,1-2H3. The molecule has 1 atom stereocenters. The van der Waals surface area contributed by atoms with Gasteiger partial charge in [-0.15, -0.1) is 0 Å². The van der Waals surface area contributed by atoms with Crippen LogP contribution in [0.15, 0.2) is 48.5 Å². The zero-order valence-electron chi connectivity index (χ0n) is 18.1. The Bertz CT molecular complexity index is 769. The molecule has 156 valence electrons. The third kappa shape index (κ3) is 4.91. The minimum atomic E-state index is -0.563. The van der Waals surface area contributed by atoms with Gasteiger partial charge in [0.25, 0.3) is 0 Å². The van der Waals surface area contributed by atoms with Crippen LogP contribution in [0, 0.1) is 6.92 Å². The van der Waals surface area contributed by atoms with Crippen molar-refractivity contribution in [1.29, 1.82) is 0 Å². The summed E-state index contributed by atoms with van der Waals surface area (Å²) in [5.41, 5.74) is 4.53. The first kappa shape index (κ1) is 20.6. The molecule has 4 rings (SSSR count). The summed E-state index contributed by atoms with van der Waals surface area (Å²) in [6.07, 6.45) is 5.43. The van der Waals surface area contributed by atoms with Crippen LogP contribution in [0.3, 0.4) is 0 Å². The van der Waals surface area contributed by atoms with E-state index in [2.05, 4.69) is 72.3 Å². The van der Waals surface area contributed by atoms with Crippen molar-refractivity contribution in [3.05, 3.63) is 59.7 Å². The van der Waals surface area contributed by atoms with E-state index in [1.54, 1.807) is 0 Å². The number of aliphatic hydroxyl groups is 1. The second-order valence-corrected chi connectivity index (χ2v) is 9.31. The number of likely N-dealkylation sites (N-methyl/N-ethyl adjacent to an activating group) is 1. The van der Waals surface area contributed by atoms with Crippen molar-refractivity contribution in [2.75, 3.05) is 39.8 Å². The topological polar surface area (TPSA) is 26.7 Å². The van der Waals surface area contributed by atoms with Gasteiger partial charge in [-0.1, -0.05) is 73.4 Å². The van der Waals surface area contributed by atoms with Crippen molar-refractivity contribution in [2.24, 2.45) is 0 Å². The number of nitrogens with zero attached hydrogens (tertiary/aromatic N) is 2. The van der Waals surface area contributed by atoms with Crippen LogP contribution in [-0.2, 0) is 0 Å². The third-order valence-electron chi connectivity index (χ3n) is 7.10. The summed E-state index contributed by atoms with van der Waals surface area (Å²) >= 11 is 0. The van der Waals surface area contributed by atoms with Gasteiger partial charge in [-0.05, 0) is 43.5 Å². The minimum Gasteiger partial charge on any atom is -0.389 e. The number of rotatable bonds is 5. The summed E-state index contributed by atoms with van der Waals surface area (Å²) in [6.45, 7) is 7.54. The van der Waals surface area contributed by atoms with Crippen molar-refractivity contribution < 1.29 is 5.11 Å². The molecule has 1 saturated carbocycles. The summed E-state index contributed by atoms with van der Waals surface area (Å²) in [5, 5.41) is 11.6. The average molecular weight is 393 g/mol. The Morgan fingerprint density at radius 3 is 1.97 bits per heavy atom. The van der Waals surface area contributed by atoms with Crippen LogP contribution in [0.4, 0.5) is 0 Å². The molecular formula is C26H36N2O. The molecule has 1 unspecified atom stereocenters. The summed E-state index contributed by atoms with van der Waals surface area (Å²) in [6, 6.07) is 17.7. The highest BCUT2D eigenvalue weighted by molar-refractivity contribution is 5.64. The van der Waals surface area contributed by atoms with Crippen LogP contribution in [-0.4, -0.2) is 60.3 Å². The molecule has 0 radical (unpaired) electrons. The van der Waals surface area contributed by atoms with Gasteiger partial charge >= 0.3 is 0 Å². The van der Waals surface area contributed by atoms with Gasteiger partial charge in [-0.2, -0.15) is 0 Å². The van der Waals surface area contributed by atoms with E-state index in [0.29, 0.717) is 0 Å².